The Morgan fingerprint density at radius 3 is 2.00 bits per heavy atom. The van der Waals surface area contributed by atoms with E-state index in [9.17, 15) is 19.2 Å². The van der Waals surface area contributed by atoms with Gasteiger partial charge in [-0.05, 0) is 44.2 Å². The lowest BCUT2D eigenvalue weighted by Crippen LogP contribution is -2.30. The molecule has 0 aliphatic rings. The van der Waals surface area contributed by atoms with Gasteiger partial charge in [0.2, 0.25) is 0 Å². The van der Waals surface area contributed by atoms with E-state index in [1.807, 2.05) is 0 Å². The number of rotatable bonds is 8. The van der Waals surface area contributed by atoms with E-state index in [0.717, 1.165) is 7.11 Å². The molecular weight excluding hydrogens is 396 g/mol. The Bertz CT molecular complexity index is 955. The van der Waals surface area contributed by atoms with Crippen molar-refractivity contribution in [3.8, 4) is 17.1 Å². The fraction of sp³-hybridized carbons (Fsp3) is 0.333. The highest BCUT2D eigenvalue weighted by Crippen LogP contribution is 2.29. The van der Waals surface area contributed by atoms with Crippen molar-refractivity contribution in [3.05, 3.63) is 51.9 Å². The zero-order chi connectivity index (χ0) is 22.3. The molecule has 0 aliphatic heterocycles. The molecule has 0 unspecified atom stereocenters. The van der Waals surface area contributed by atoms with Gasteiger partial charge in [-0.1, -0.05) is 0 Å². The first-order valence-corrected chi connectivity index (χ1v) is 9.11. The van der Waals surface area contributed by atoms with Crippen molar-refractivity contribution in [2.24, 2.45) is 0 Å². The molecule has 0 fully saturated rings. The number of esters is 3. The van der Waals surface area contributed by atoms with Gasteiger partial charge >= 0.3 is 23.5 Å². The highest BCUT2D eigenvalue weighted by Gasteiger charge is 2.37. The van der Waals surface area contributed by atoms with Gasteiger partial charge in [0.15, 0.2) is 5.92 Å². The lowest BCUT2D eigenvalue weighted by molar-refractivity contribution is -0.156. The Balaban J connectivity index is 2.74. The largest absolute Gasteiger partial charge is 0.497 e. The van der Waals surface area contributed by atoms with E-state index in [2.05, 4.69) is 4.74 Å². The summed E-state index contributed by atoms with van der Waals surface area (Å²) in [4.78, 5) is 50.0. The summed E-state index contributed by atoms with van der Waals surface area (Å²) in [5.41, 5.74) is -1.41. The third-order valence-corrected chi connectivity index (χ3v) is 4.10. The molecule has 0 saturated carbocycles. The smallest absolute Gasteiger partial charge is 0.351 e. The first kappa shape index (κ1) is 22.7. The topological polar surface area (TPSA) is 118 Å². The van der Waals surface area contributed by atoms with E-state index in [1.54, 1.807) is 38.1 Å². The summed E-state index contributed by atoms with van der Waals surface area (Å²) < 4.78 is 24.9. The van der Waals surface area contributed by atoms with Crippen LogP contribution in [0.15, 0.2) is 39.5 Å². The Morgan fingerprint density at radius 2 is 1.53 bits per heavy atom. The fourth-order valence-corrected chi connectivity index (χ4v) is 2.74. The normalized spacial score (nSPS) is 10.4. The van der Waals surface area contributed by atoms with Crippen LogP contribution in [0.25, 0.3) is 11.3 Å². The van der Waals surface area contributed by atoms with Gasteiger partial charge in [-0.3, -0.25) is 9.59 Å². The lowest BCUT2D eigenvalue weighted by Gasteiger charge is -2.17. The maximum absolute atomic E-state index is 12.6. The average molecular weight is 418 g/mol. The molecule has 30 heavy (non-hydrogen) atoms. The molecule has 1 aromatic heterocycles. The number of hydrogen-bond acceptors (Lipinski definition) is 9. The van der Waals surface area contributed by atoms with Crippen LogP contribution >= 0.6 is 0 Å². The van der Waals surface area contributed by atoms with E-state index >= 15 is 0 Å². The summed E-state index contributed by atoms with van der Waals surface area (Å²) in [7, 11) is 2.56. The number of carbonyl (C=O) groups is 3. The Labute approximate surface area is 172 Å². The summed E-state index contributed by atoms with van der Waals surface area (Å²) in [5.74, 6) is -4.05. The Hall–Kier alpha value is -3.62. The van der Waals surface area contributed by atoms with E-state index in [4.69, 9.17) is 18.6 Å². The molecule has 0 saturated heterocycles. The molecule has 1 heterocycles. The Morgan fingerprint density at radius 1 is 0.967 bits per heavy atom. The van der Waals surface area contributed by atoms with Crippen LogP contribution in [0, 0.1) is 0 Å². The number of benzene rings is 1. The summed E-state index contributed by atoms with van der Waals surface area (Å²) in [6, 6.07) is 7.76. The SMILES string of the molecule is CCOC(=O)C(C(=O)OCC)c1cc(-c2ccc(OC)cc2)oc(=O)c1C(=O)OC. The zero-order valence-electron chi connectivity index (χ0n) is 17.1. The van der Waals surface area contributed by atoms with Gasteiger partial charge in [0, 0.05) is 11.1 Å². The van der Waals surface area contributed by atoms with Crippen LogP contribution in [0.3, 0.4) is 0 Å². The molecule has 0 spiro atoms. The van der Waals surface area contributed by atoms with Crippen molar-refractivity contribution in [2.45, 2.75) is 19.8 Å². The molecule has 9 heteroatoms. The van der Waals surface area contributed by atoms with E-state index < -0.39 is 35.0 Å². The zero-order valence-corrected chi connectivity index (χ0v) is 17.1. The van der Waals surface area contributed by atoms with Crippen molar-refractivity contribution in [2.75, 3.05) is 27.4 Å². The Kier molecular flexibility index (Phi) is 7.74. The van der Waals surface area contributed by atoms with Gasteiger partial charge in [0.25, 0.3) is 0 Å². The maximum Gasteiger partial charge on any atom is 0.351 e. The molecule has 0 amide bonds. The summed E-state index contributed by atoms with van der Waals surface area (Å²) in [6.45, 7) is 3.08. The number of methoxy groups -OCH3 is 2. The van der Waals surface area contributed by atoms with E-state index in [0.29, 0.717) is 11.3 Å². The molecule has 0 atom stereocenters. The minimum atomic E-state index is -1.67. The second kappa shape index (κ2) is 10.2. The predicted octanol–water partition coefficient (Wildman–Crippen LogP) is 2.31. The van der Waals surface area contributed by atoms with Crippen LogP contribution < -0.4 is 10.4 Å². The molecular formula is C21H22O9. The standard InChI is InChI=1S/C21H22O9/c1-5-28-19(23)17(20(24)29-6-2)14-11-15(12-7-9-13(26-3)10-8-12)30-21(25)16(14)18(22)27-4/h7-11,17H,5-6H2,1-4H3. The molecule has 0 radical (unpaired) electrons. The third kappa shape index (κ3) is 4.86. The molecule has 9 nitrogen and oxygen atoms in total. The summed E-state index contributed by atoms with van der Waals surface area (Å²) in [6.07, 6.45) is 0. The van der Waals surface area contributed by atoms with Crippen LogP contribution in [0.2, 0.25) is 0 Å². The molecule has 1 aromatic carbocycles. The molecule has 160 valence electrons. The molecule has 2 rings (SSSR count). The molecule has 0 bridgehead atoms. The second-order valence-corrected chi connectivity index (χ2v) is 5.89. The minimum Gasteiger partial charge on any atom is -0.497 e. The third-order valence-electron chi connectivity index (χ3n) is 4.10. The van der Waals surface area contributed by atoms with E-state index in [1.165, 1.54) is 13.2 Å². The molecule has 2 aromatic rings. The number of hydrogen-bond donors (Lipinski definition) is 0. The molecule has 0 aliphatic carbocycles. The predicted molar refractivity (Wildman–Crippen MR) is 104 cm³/mol. The summed E-state index contributed by atoms with van der Waals surface area (Å²) in [5, 5.41) is 0. The minimum absolute atomic E-state index is 0.0188. The highest BCUT2D eigenvalue weighted by molar-refractivity contribution is 6.04. The summed E-state index contributed by atoms with van der Waals surface area (Å²) >= 11 is 0. The van der Waals surface area contributed by atoms with Crippen molar-refractivity contribution >= 4 is 17.9 Å². The maximum atomic E-state index is 12.6. The van der Waals surface area contributed by atoms with Crippen LogP contribution in [-0.2, 0) is 23.8 Å². The van der Waals surface area contributed by atoms with Crippen molar-refractivity contribution in [1.82, 2.24) is 0 Å². The average Bonchev–Trinajstić information content (AvgIpc) is 2.73. The fourth-order valence-electron chi connectivity index (χ4n) is 2.74. The van der Waals surface area contributed by atoms with Gasteiger partial charge in [0.1, 0.15) is 17.1 Å². The van der Waals surface area contributed by atoms with Crippen molar-refractivity contribution in [1.29, 1.82) is 0 Å². The lowest BCUT2D eigenvalue weighted by atomic mass is 9.94. The van der Waals surface area contributed by atoms with Gasteiger partial charge < -0.3 is 23.4 Å². The van der Waals surface area contributed by atoms with Gasteiger partial charge in [-0.25, -0.2) is 9.59 Å². The van der Waals surface area contributed by atoms with Crippen molar-refractivity contribution in [3.63, 3.8) is 0 Å². The van der Waals surface area contributed by atoms with Crippen molar-refractivity contribution < 1.29 is 37.7 Å². The quantitative estimate of drug-likeness (QED) is 0.361. The number of carbonyl (C=O) groups excluding carboxylic acids is 3. The van der Waals surface area contributed by atoms with Gasteiger partial charge in [-0.15, -0.1) is 0 Å². The van der Waals surface area contributed by atoms with Gasteiger partial charge in [0.05, 0.1) is 27.4 Å². The van der Waals surface area contributed by atoms with Gasteiger partial charge in [-0.2, -0.15) is 0 Å². The highest BCUT2D eigenvalue weighted by atomic mass is 16.6. The van der Waals surface area contributed by atoms with Crippen LogP contribution in [0.4, 0.5) is 0 Å². The van der Waals surface area contributed by atoms with Crippen LogP contribution in [0.1, 0.15) is 35.7 Å². The van der Waals surface area contributed by atoms with Crippen LogP contribution in [-0.4, -0.2) is 45.3 Å². The first-order chi connectivity index (χ1) is 14.4. The number of ether oxygens (including phenoxy) is 4. The van der Waals surface area contributed by atoms with Crippen LogP contribution in [0.5, 0.6) is 5.75 Å². The van der Waals surface area contributed by atoms with E-state index in [-0.39, 0.29) is 24.5 Å². The monoisotopic (exact) mass is 418 g/mol. The first-order valence-electron chi connectivity index (χ1n) is 9.11. The second-order valence-electron chi connectivity index (χ2n) is 5.89. The molecule has 0 N–H and O–H groups in total.